The Balaban J connectivity index is 2.42. The molecule has 6 heteroatoms. The topological polar surface area (TPSA) is 29.1 Å². The predicted octanol–water partition coefficient (Wildman–Crippen LogP) is 4.38. The lowest BCUT2D eigenvalue weighted by molar-refractivity contribution is -0.120. The number of carbonyl (C=O) groups is 1. The molecule has 0 aliphatic heterocycles. The lowest BCUT2D eigenvalue weighted by Crippen LogP contribution is -2.23. The molecular formula is C12H11BrF2INO. The molecule has 0 bridgehead atoms. The minimum absolute atomic E-state index is 0.0630. The number of halogens is 4. The van der Waals surface area contributed by atoms with E-state index in [0.29, 0.717) is 0 Å². The second kappa shape index (κ2) is 4.70. The van der Waals surface area contributed by atoms with Crippen molar-refractivity contribution in [2.75, 3.05) is 5.32 Å². The Labute approximate surface area is 126 Å². The number of rotatable bonds is 2. The zero-order valence-corrected chi connectivity index (χ0v) is 13.6. The van der Waals surface area contributed by atoms with E-state index in [1.807, 2.05) is 6.92 Å². The van der Waals surface area contributed by atoms with E-state index < -0.39 is 17.0 Å². The van der Waals surface area contributed by atoms with Gasteiger partial charge in [-0.25, -0.2) is 8.78 Å². The van der Waals surface area contributed by atoms with Crippen LogP contribution in [0.1, 0.15) is 25.3 Å². The predicted molar refractivity (Wildman–Crippen MR) is 77.5 cm³/mol. The molecular weight excluding hydrogens is 419 g/mol. The molecule has 0 aromatic heterocycles. The maximum Gasteiger partial charge on any atom is 0.230 e. The van der Waals surface area contributed by atoms with Crippen molar-refractivity contribution in [3.05, 3.63) is 25.2 Å². The first-order valence-corrected chi connectivity index (χ1v) is 7.29. The molecule has 1 saturated carbocycles. The normalized spacial score (nSPS) is 16.6. The van der Waals surface area contributed by atoms with Crippen molar-refractivity contribution in [2.24, 2.45) is 5.41 Å². The van der Waals surface area contributed by atoms with E-state index in [1.54, 1.807) is 22.6 Å². The molecule has 1 aromatic carbocycles. The fourth-order valence-electron chi connectivity index (χ4n) is 1.54. The highest BCUT2D eigenvalue weighted by molar-refractivity contribution is 14.1. The molecule has 0 unspecified atom stereocenters. The van der Waals surface area contributed by atoms with Crippen molar-refractivity contribution < 1.29 is 13.6 Å². The Morgan fingerprint density at radius 2 is 1.94 bits per heavy atom. The van der Waals surface area contributed by atoms with Gasteiger partial charge in [0.15, 0.2) is 11.6 Å². The molecule has 0 radical (unpaired) electrons. The summed E-state index contributed by atoms with van der Waals surface area (Å²) in [6.45, 7) is 3.28. The van der Waals surface area contributed by atoms with Crippen LogP contribution in [0, 0.1) is 27.5 Å². The lowest BCUT2D eigenvalue weighted by Gasteiger charge is -2.15. The van der Waals surface area contributed by atoms with Crippen LogP contribution in [0.2, 0.25) is 0 Å². The van der Waals surface area contributed by atoms with E-state index in [0.717, 1.165) is 12.8 Å². The molecule has 0 saturated heterocycles. The molecule has 0 atom stereocenters. The Kier molecular flexibility index (Phi) is 3.70. The Morgan fingerprint density at radius 3 is 2.44 bits per heavy atom. The number of anilines is 1. The van der Waals surface area contributed by atoms with E-state index in [-0.39, 0.29) is 25.2 Å². The molecule has 1 fully saturated rings. The second-order valence-electron chi connectivity index (χ2n) is 4.77. The van der Waals surface area contributed by atoms with Gasteiger partial charge in [0.2, 0.25) is 5.91 Å². The van der Waals surface area contributed by atoms with E-state index in [9.17, 15) is 13.6 Å². The third kappa shape index (κ3) is 2.29. The van der Waals surface area contributed by atoms with Crippen LogP contribution in [0.15, 0.2) is 4.47 Å². The van der Waals surface area contributed by atoms with Crippen LogP contribution in [0.5, 0.6) is 0 Å². The largest absolute Gasteiger partial charge is 0.322 e. The van der Waals surface area contributed by atoms with Gasteiger partial charge in [-0.1, -0.05) is 6.92 Å². The number of carbonyl (C=O) groups excluding carboxylic acids is 1. The first kappa shape index (κ1) is 14.2. The van der Waals surface area contributed by atoms with E-state index in [1.165, 1.54) is 6.92 Å². The maximum atomic E-state index is 14.1. The van der Waals surface area contributed by atoms with Crippen LogP contribution in [0.3, 0.4) is 0 Å². The van der Waals surface area contributed by atoms with Gasteiger partial charge in [0.05, 0.1) is 13.7 Å². The standard InChI is InChI=1S/C12H11BrF2INO/c1-5-6(13)8(15)9(16)10(7(5)14)17-11(18)12(2)3-4-12/h3-4H2,1-2H3,(H,17,18). The van der Waals surface area contributed by atoms with Gasteiger partial charge in [-0.15, -0.1) is 0 Å². The molecule has 18 heavy (non-hydrogen) atoms. The highest BCUT2D eigenvalue weighted by atomic mass is 127. The van der Waals surface area contributed by atoms with Crippen LogP contribution in [-0.4, -0.2) is 5.91 Å². The molecule has 2 nitrogen and oxygen atoms in total. The van der Waals surface area contributed by atoms with Crippen LogP contribution in [-0.2, 0) is 4.79 Å². The second-order valence-corrected chi connectivity index (χ2v) is 6.64. The summed E-state index contributed by atoms with van der Waals surface area (Å²) < 4.78 is 28.1. The van der Waals surface area contributed by atoms with Gasteiger partial charge in [0.25, 0.3) is 0 Å². The molecule has 2 rings (SSSR count). The molecule has 1 aromatic rings. The van der Waals surface area contributed by atoms with Gasteiger partial charge in [0.1, 0.15) is 0 Å². The van der Waals surface area contributed by atoms with Crippen molar-refractivity contribution in [3.63, 3.8) is 0 Å². The molecule has 0 heterocycles. The summed E-state index contributed by atoms with van der Waals surface area (Å²) in [6.07, 6.45) is 1.57. The zero-order valence-electron chi connectivity index (χ0n) is 9.83. The van der Waals surface area contributed by atoms with Crippen LogP contribution < -0.4 is 5.32 Å². The summed E-state index contributed by atoms with van der Waals surface area (Å²) in [5, 5.41) is 2.51. The summed E-state index contributed by atoms with van der Waals surface area (Å²) in [7, 11) is 0. The maximum absolute atomic E-state index is 14.1. The van der Waals surface area contributed by atoms with Crippen LogP contribution in [0.4, 0.5) is 14.5 Å². The van der Waals surface area contributed by atoms with Crippen molar-refractivity contribution in [2.45, 2.75) is 26.7 Å². The molecule has 1 amide bonds. The van der Waals surface area contributed by atoms with Crippen molar-refractivity contribution in [1.82, 2.24) is 0 Å². The average Bonchev–Trinajstić information content (AvgIpc) is 3.09. The number of nitrogens with one attached hydrogen (secondary N) is 1. The quantitative estimate of drug-likeness (QED) is 0.422. The fraction of sp³-hybridized carbons (Fsp3) is 0.417. The van der Waals surface area contributed by atoms with Crippen molar-refractivity contribution in [3.8, 4) is 0 Å². The fourth-order valence-corrected chi connectivity index (χ4v) is 2.92. The first-order chi connectivity index (χ1) is 8.28. The Hall–Kier alpha value is -0.240. The lowest BCUT2D eigenvalue weighted by atomic mass is 10.1. The Morgan fingerprint density at radius 1 is 1.39 bits per heavy atom. The van der Waals surface area contributed by atoms with Gasteiger partial charge < -0.3 is 5.32 Å². The SMILES string of the molecule is Cc1c(F)c(NC(=O)C2(C)CC2)c(I)c(F)c1Br. The molecule has 98 valence electrons. The number of hydrogen-bond donors (Lipinski definition) is 1. The zero-order chi connectivity index (χ0) is 13.7. The molecule has 1 aliphatic rings. The minimum atomic E-state index is -0.592. The van der Waals surface area contributed by atoms with Crippen LogP contribution >= 0.6 is 38.5 Å². The average molecular weight is 430 g/mol. The first-order valence-electron chi connectivity index (χ1n) is 5.42. The minimum Gasteiger partial charge on any atom is -0.322 e. The summed E-state index contributed by atoms with van der Waals surface area (Å²) in [4.78, 5) is 11.9. The third-order valence-corrected chi connectivity index (χ3v) is 5.23. The van der Waals surface area contributed by atoms with Crippen molar-refractivity contribution >= 4 is 50.1 Å². The number of hydrogen-bond acceptors (Lipinski definition) is 1. The molecule has 0 spiro atoms. The Bertz CT molecular complexity index is 514. The highest BCUT2D eigenvalue weighted by Gasteiger charge is 2.45. The number of amides is 1. The third-order valence-electron chi connectivity index (χ3n) is 3.27. The summed E-state index contributed by atoms with van der Waals surface area (Å²) in [5.74, 6) is -1.39. The van der Waals surface area contributed by atoms with Gasteiger partial charge in [-0.3, -0.25) is 4.79 Å². The van der Waals surface area contributed by atoms with Gasteiger partial charge in [-0.05, 0) is 58.3 Å². The molecule has 1 N–H and O–H groups in total. The monoisotopic (exact) mass is 429 g/mol. The molecule has 1 aliphatic carbocycles. The number of benzene rings is 1. The van der Waals surface area contributed by atoms with Gasteiger partial charge >= 0.3 is 0 Å². The van der Waals surface area contributed by atoms with Crippen molar-refractivity contribution in [1.29, 1.82) is 0 Å². The van der Waals surface area contributed by atoms with E-state index >= 15 is 0 Å². The van der Waals surface area contributed by atoms with Crippen LogP contribution in [0.25, 0.3) is 0 Å². The van der Waals surface area contributed by atoms with E-state index in [4.69, 9.17) is 0 Å². The van der Waals surface area contributed by atoms with E-state index in [2.05, 4.69) is 21.2 Å². The van der Waals surface area contributed by atoms with Gasteiger partial charge in [-0.2, -0.15) is 0 Å². The summed E-state index contributed by atoms with van der Waals surface area (Å²) in [6, 6.07) is 0. The highest BCUT2D eigenvalue weighted by Crippen LogP contribution is 2.46. The van der Waals surface area contributed by atoms with Gasteiger partial charge in [0, 0.05) is 11.0 Å². The summed E-state index contributed by atoms with van der Waals surface area (Å²) >= 11 is 4.70. The summed E-state index contributed by atoms with van der Waals surface area (Å²) in [5.41, 5.74) is -0.330. The smallest absolute Gasteiger partial charge is 0.230 e.